The van der Waals surface area contributed by atoms with E-state index in [2.05, 4.69) is 0 Å². The normalized spacial score (nSPS) is 11.8. The van der Waals surface area contributed by atoms with Crippen LogP contribution in [0.4, 0.5) is 78.0 Å². The Kier molecular flexibility index (Phi) is 10.9. The van der Waals surface area contributed by atoms with E-state index in [1.165, 1.54) is 70.5 Å². The van der Waals surface area contributed by atoms with Gasteiger partial charge in [0.25, 0.3) is 0 Å². The van der Waals surface area contributed by atoms with E-state index < -0.39 is 46.7 Å². The number of nitrogens with zero attached hydrogens (tertiary/aromatic N) is 4. The predicted molar refractivity (Wildman–Crippen MR) is 250 cm³/mol. The van der Waals surface area contributed by atoms with Gasteiger partial charge in [0.1, 0.15) is 11.6 Å². The Balaban J connectivity index is 1.26. The lowest BCUT2D eigenvalue weighted by Gasteiger charge is -2.31. The minimum atomic E-state index is -4.79. The van der Waals surface area contributed by atoms with Crippen LogP contribution in [-0.4, -0.2) is 0 Å². The molecule has 0 aliphatic carbocycles. The van der Waals surface area contributed by atoms with Crippen LogP contribution in [-0.2, 0) is 12.4 Å². The zero-order valence-electron chi connectivity index (χ0n) is 35.7. The minimum Gasteiger partial charge on any atom is -0.307 e. The molecule has 0 saturated heterocycles. The number of anilines is 6. The third-order valence-electron chi connectivity index (χ3n) is 12.1. The third kappa shape index (κ3) is 7.89. The van der Waals surface area contributed by atoms with E-state index in [0.717, 1.165) is 48.5 Å². The quantitative estimate of drug-likeness (QED) is 0.112. The number of nitriles is 2. The highest BCUT2D eigenvalue weighted by atomic mass is 19.4. The highest BCUT2D eigenvalue weighted by Crippen LogP contribution is 2.51. The van der Waals surface area contributed by atoms with Crippen molar-refractivity contribution in [2.24, 2.45) is 0 Å². The lowest BCUT2D eigenvalue weighted by Crippen LogP contribution is -2.15. The van der Waals surface area contributed by atoms with Crippen LogP contribution in [0.25, 0.3) is 54.6 Å². The van der Waals surface area contributed by atoms with Crippen LogP contribution in [0.5, 0.6) is 0 Å². The summed E-state index contributed by atoms with van der Waals surface area (Å²) in [4.78, 5) is 2.85. The van der Waals surface area contributed by atoms with Crippen molar-refractivity contribution in [1.29, 1.82) is 10.5 Å². The number of hydrogen-bond donors (Lipinski definition) is 0. The predicted octanol–water partition coefficient (Wildman–Crippen LogP) is 17.2. The fourth-order valence-corrected chi connectivity index (χ4v) is 9.06. The second-order valence-electron chi connectivity index (χ2n) is 16.3. The molecule has 14 heteroatoms. The molecule has 0 bridgehead atoms. The van der Waals surface area contributed by atoms with E-state index in [1.54, 1.807) is 48.5 Å². The molecule has 0 aliphatic heterocycles. The molecule has 0 N–H and O–H groups in total. The number of hydrogen-bond acceptors (Lipinski definition) is 4. The van der Waals surface area contributed by atoms with E-state index in [1.807, 2.05) is 12.1 Å². The highest BCUT2D eigenvalue weighted by molar-refractivity contribution is 6.28. The molecular weight excluding hydrogens is 919 g/mol. The molecule has 4 nitrogen and oxygen atoms in total. The van der Waals surface area contributed by atoms with Crippen molar-refractivity contribution < 1.29 is 43.9 Å². The zero-order chi connectivity index (χ0) is 49.2. The maximum atomic E-state index is 16.8. The van der Waals surface area contributed by atoms with Crippen molar-refractivity contribution in [3.05, 3.63) is 215 Å². The average Bonchev–Trinajstić information content (AvgIpc) is 3.34. The van der Waals surface area contributed by atoms with Gasteiger partial charge in [0, 0.05) is 45.4 Å². The van der Waals surface area contributed by atoms with Gasteiger partial charge in [0.15, 0.2) is 11.6 Å². The molecule has 342 valence electrons. The van der Waals surface area contributed by atoms with Gasteiger partial charge in [-0.3, -0.25) is 0 Å². The zero-order valence-corrected chi connectivity index (χ0v) is 35.7. The van der Waals surface area contributed by atoms with Gasteiger partial charge < -0.3 is 9.80 Å². The summed E-state index contributed by atoms with van der Waals surface area (Å²) in [5.74, 6) is -4.37. The van der Waals surface area contributed by atoms with Gasteiger partial charge in [0.05, 0.1) is 57.1 Å². The Morgan fingerprint density at radius 3 is 1.13 bits per heavy atom. The monoisotopic (exact) mass is 946 g/mol. The second kappa shape index (κ2) is 17.0. The SMILES string of the molecule is N#Cc1ccc(N(c2c(F)cc(F)cc2-c2cccc(C(F)(F)F)c2)c2ccc3ccc4c(N(c5ccc(C#N)cc5)c5c(F)cc(F)cc5-c5cccc(C(F)(F)F)c5)ccc5ccc2c3c54)cc1. The van der Waals surface area contributed by atoms with Gasteiger partial charge in [-0.15, -0.1) is 0 Å². The summed E-state index contributed by atoms with van der Waals surface area (Å²) in [5.41, 5.74) is -1.97. The molecule has 0 aliphatic rings. The van der Waals surface area contributed by atoms with Crippen molar-refractivity contribution in [1.82, 2.24) is 0 Å². The smallest absolute Gasteiger partial charge is 0.307 e. The van der Waals surface area contributed by atoms with E-state index in [9.17, 15) is 36.9 Å². The summed E-state index contributed by atoms with van der Waals surface area (Å²) in [5, 5.41) is 22.7. The molecule has 0 fully saturated rings. The number of halogens is 10. The molecule has 0 aromatic heterocycles. The molecule has 10 rings (SSSR count). The fraction of sp³-hybridized carbons (Fsp3) is 0.0357. The van der Waals surface area contributed by atoms with Crippen LogP contribution in [0.15, 0.2) is 170 Å². The Morgan fingerprint density at radius 1 is 0.400 bits per heavy atom. The first-order chi connectivity index (χ1) is 33.5. The first-order valence-corrected chi connectivity index (χ1v) is 21.2. The number of rotatable bonds is 8. The summed E-state index contributed by atoms with van der Waals surface area (Å²) < 4.78 is 149. The van der Waals surface area contributed by atoms with E-state index >= 15 is 17.6 Å². The van der Waals surface area contributed by atoms with Gasteiger partial charge in [-0.05, 0) is 130 Å². The minimum absolute atomic E-state index is 0.148. The van der Waals surface area contributed by atoms with Crippen molar-refractivity contribution in [2.45, 2.75) is 12.4 Å². The molecular formula is C56H28F10N4. The van der Waals surface area contributed by atoms with Gasteiger partial charge in [-0.1, -0.05) is 60.7 Å². The Bertz CT molecular complexity index is 3530. The Morgan fingerprint density at radius 2 is 0.771 bits per heavy atom. The lowest BCUT2D eigenvalue weighted by molar-refractivity contribution is -0.138. The van der Waals surface area contributed by atoms with Crippen LogP contribution in [0, 0.1) is 45.9 Å². The maximum absolute atomic E-state index is 16.8. The third-order valence-corrected chi connectivity index (χ3v) is 12.1. The molecule has 0 radical (unpaired) electrons. The average molecular weight is 947 g/mol. The Labute approximate surface area is 391 Å². The highest BCUT2D eigenvalue weighted by Gasteiger charge is 2.34. The molecule has 0 spiro atoms. The Hall–Kier alpha value is -8.88. The molecule has 10 aromatic carbocycles. The number of alkyl halides is 6. The van der Waals surface area contributed by atoms with Crippen molar-refractivity contribution in [3.63, 3.8) is 0 Å². The van der Waals surface area contributed by atoms with Gasteiger partial charge in [-0.2, -0.15) is 36.9 Å². The summed E-state index contributed by atoms with van der Waals surface area (Å²) >= 11 is 0. The first kappa shape index (κ1) is 44.9. The van der Waals surface area contributed by atoms with Crippen LogP contribution >= 0.6 is 0 Å². The first-order valence-electron chi connectivity index (χ1n) is 21.2. The summed E-state index contributed by atoms with van der Waals surface area (Å²) in [6.45, 7) is 0. The topological polar surface area (TPSA) is 54.1 Å². The summed E-state index contributed by atoms with van der Waals surface area (Å²) in [6, 6.07) is 41.1. The van der Waals surface area contributed by atoms with Crippen LogP contribution in [0.3, 0.4) is 0 Å². The standard InChI is InChI=1S/C56H28F10N4/c57-39-25-45(35-3-1-5-37(23-35)55(61,62)63)53(47(59)27-39)69(41-15-7-31(29-67)8-16-41)49-21-13-33-12-20-44-50(22-14-34-11-19-43(49)51(33)52(34)44)70(42-17-9-32(30-68)10-18-42)54-46(26-40(58)28-48(54)60)36-4-2-6-38(24-36)56(64,65)66/h1-28H. The van der Waals surface area contributed by atoms with Crippen LogP contribution in [0.1, 0.15) is 22.3 Å². The molecule has 10 aromatic rings. The van der Waals surface area contributed by atoms with Gasteiger partial charge in [-0.25, -0.2) is 17.6 Å². The van der Waals surface area contributed by atoms with E-state index in [0.29, 0.717) is 44.5 Å². The molecule has 70 heavy (non-hydrogen) atoms. The molecule has 0 unspecified atom stereocenters. The fourth-order valence-electron chi connectivity index (χ4n) is 9.06. The van der Waals surface area contributed by atoms with E-state index in [-0.39, 0.29) is 67.5 Å². The van der Waals surface area contributed by atoms with Crippen LogP contribution in [0.2, 0.25) is 0 Å². The second-order valence-corrected chi connectivity index (χ2v) is 16.3. The van der Waals surface area contributed by atoms with Crippen molar-refractivity contribution in [2.75, 3.05) is 9.80 Å². The van der Waals surface area contributed by atoms with Gasteiger partial charge in [0.2, 0.25) is 0 Å². The number of benzene rings is 10. The van der Waals surface area contributed by atoms with Crippen molar-refractivity contribution in [3.8, 4) is 34.4 Å². The lowest BCUT2D eigenvalue weighted by atomic mass is 9.91. The molecule has 0 atom stereocenters. The van der Waals surface area contributed by atoms with E-state index in [4.69, 9.17) is 0 Å². The largest absolute Gasteiger partial charge is 0.416 e. The summed E-state index contributed by atoms with van der Waals surface area (Å²) in [6.07, 6.45) is -9.59. The molecule has 0 saturated carbocycles. The van der Waals surface area contributed by atoms with Crippen LogP contribution < -0.4 is 9.80 Å². The summed E-state index contributed by atoms with van der Waals surface area (Å²) in [7, 11) is 0. The van der Waals surface area contributed by atoms with Crippen molar-refractivity contribution >= 4 is 66.4 Å². The maximum Gasteiger partial charge on any atom is 0.416 e. The van der Waals surface area contributed by atoms with Gasteiger partial charge >= 0.3 is 12.4 Å². The molecule has 0 heterocycles. The molecule has 0 amide bonds.